The van der Waals surface area contributed by atoms with Crippen molar-refractivity contribution in [2.45, 2.75) is 57.3 Å². The molecular formula is C19H22O6. The van der Waals surface area contributed by atoms with Crippen molar-refractivity contribution in [3.8, 4) is 0 Å². The molecule has 0 aromatic carbocycles. The van der Waals surface area contributed by atoms with E-state index in [2.05, 4.69) is 0 Å². The second-order valence-corrected chi connectivity index (χ2v) is 7.97. The van der Waals surface area contributed by atoms with Gasteiger partial charge in [-0.25, -0.2) is 4.79 Å². The van der Waals surface area contributed by atoms with Gasteiger partial charge in [-0.05, 0) is 19.4 Å². The average molecular weight is 346 g/mol. The normalized spacial score (nSPS) is 46.0. The molecule has 25 heavy (non-hydrogen) atoms. The number of fused-ring (bicyclic) bond motifs is 1. The van der Waals surface area contributed by atoms with E-state index in [4.69, 9.17) is 9.47 Å². The zero-order valence-corrected chi connectivity index (χ0v) is 14.6. The number of aliphatic hydroxyl groups is 1. The Morgan fingerprint density at radius 1 is 1.20 bits per heavy atom. The summed E-state index contributed by atoms with van der Waals surface area (Å²) in [5.74, 6) is -1.86. The van der Waals surface area contributed by atoms with Crippen molar-refractivity contribution in [2.24, 2.45) is 17.8 Å². The van der Waals surface area contributed by atoms with Gasteiger partial charge in [0, 0.05) is 24.7 Å². The molecule has 0 radical (unpaired) electrons. The number of esters is 1. The minimum Gasteiger partial charge on any atom is -0.484 e. The summed E-state index contributed by atoms with van der Waals surface area (Å²) in [6, 6.07) is 0. The summed E-state index contributed by atoms with van der Waals surface area (Å²) in [6.07, 6.45) is 3.07. The van der Waals surface area contributed by atoms with E-state index < -0.39 is 29.2 Å². The molecule has 2 saturated heterocycles. The highest BCUT2D eigenvalue weighted by Crippen LogP contribution is 2.60. The first-order valence-electron chi connectivity index (χ1n) is 8.81. The van der Waals surface area contributed by atoms with E-state index in [9.17, 15) is 19.5 Å². The van der Waals surface area contributed by atoms with Crippen molar-refractivity contribution in [2.75, 3.05) is 0 Å². The average Bonchev–Trinajstić information content (AvgIpc) is 2.82. The Balaban J connectivity index is 1.94. The molecule has 6 nitrogen and oxygen atoms in total. The molecule has 3 heterocycles. The molecule has 3 aliphatic heterocycles. The monoisotopic (exact) mass is 346 g/mol. The lowest BCUT2D eigenvalue weighted by atomic mass is 9.59. The van der Waals surface area contributed by atoms with Gasteiger partial charge in [0.05, 0.1) is 5.92 Å². The number of hydrogen-bond donors (Lipinski definition) is 1. The maximum absolute atomic E-state index is 12.7. The topological polar surface area (TPSA) is 89.9 Å². The Morgan fingerprint density at radius 2 is 1.92 bits per heavy atom. The fourth-order valence-electron chi connectivity index (χ4n) is 4.61. The van der Waals surface area contributed by atoms with Crippen LogP contribution in [0.15, 0.2) is 23.5 Å². The van der Waals surface area contributed by atoms with Crippen LogP contribution in [0, 0.1) is 17.8 Å². The summed E-state index contributed by atoms with van der Waals surface area (Å²) in [4.78, 5) is 37.5. The molecule has 1 spiro atoms. The van der Waals surface area contributed by atoms with Crippen LogP contribution in [-0.4, -0.2) is 39.9 Å². The summed E-state index contributed by atoms with van der Waals surface area (Å²) in [5.41, 5.74) is -2.16. The fourth-order valence-corrected chi connectivity index (χ4v) is 4.61. The molecule has 6 atom stereocenters. The highest BCUT2D eigenvalue weighted by atomic mass is 16.6. The van der Waals surface area contributed by atoms with Gasteiger partial charge >= 0.3 is 5.97 Å². The quantitative estimate of drug-likeness (QED) is 0.528. The number of rotatable bonds is 0. The van der Waals surface area contributed by atoms with E-state index in [1.165, 1.54) is 6.08 Å². The van der Waals surface area contributed by atoms with Crippen LogP contribution in [0.4, 0.5) is 0 Å². The van der Waals surface area contributed by atoms with Gasteiger partial charge in [-0.15, -0.1) is 0 Å². The second-order valence-electron chi connectivity index (χ2n) is 7.97. The smallest absolute Gasteiger partial charge is 0.346 e. The summed E-state index contributed by atoms with van der Waals surface area (Å²) < 4.78 is 11.7. The van der Waals surface area contributed by atoms with Crippen molar-refractivity contribution in [1.29, 1.82) is 0 Å². The second kappa shape index (κ2) is 5.04. The summed E-state index contributed by atoms with van der Waals surface area (Å²) in [6.45, 7) is 5.48. The number of hydrogen-bond acceptors (Lipinski definition) is 6. The highest BCUT2D eigenvalue weighted by Gasteiger charge is 2.70. The van der Waals surface area contributed by atoms with Gasteiger partial charge in [0.2, 0.25) is 0 Å². The Morgan fingerprint density at radius 3 is 2.64 bits per heavy atom. The number of Topliss-reactive ketones (excluding diaryl/α,β-unsaturated/α-hetero) is 1. The largest absolute Gasteiger partial charge is 0.484 e. The molecule has 5 aliphatic rings. The lowest BCUT2D eigenvalue weighted by molar-refractivity contribution is -0.262. The molecule has 0 aromatic heterocycles. The molecule has 3 fully saturated rings. The molecule has 5 rings (SSSR count). The Kier molecular flexibility index (Phi) is 3.33. The van der Waals surface area contributed by atoms with Gasteiger partial charge in [-0.2, -0.15) is 0 Å². The molecule has 0 aromatic rings. The third-order valence-corrected chi connectivity index (χ3v) is 6.50. The molecular weight excluding hydrogens is 324 g/mol. The molecule has 1 N–H and O–H groups in total. The third-order valence-electron chi connectivity index (χ3n) is 6.50. The van der Waals surface area contributed by atoms with E-state index in [1.54, 1.807) is 19.9 Å². The Labute approximate surface area is 145 Å². The summed E-state index contributed by atoms with van der Waals surface area (Å²) in [7, 11) is 0. The van der Waals surface area contributed by atoms with Crippen molar-refractivity contribution >= 4 is 17.5 Å². The predicted molar refractivity (Wildman–Crippen MR) is 86.2 cm³/mol. The first kappa shape index (κ1) is 16.5. The van der Waals surface area contributed by atoms with E-state index in [0.29, 0.717) is 12.8 Å². The number of ketones is 2. The van der Waals surface area contributed by atoms with Crippen LogP contribution in [0.2, 0.25) is 0 Å². The van der Waals surface area contributed by atoms with Crippen LogP contribution >= 0.6 is 0 Å². The van der Waals surface area contributed by atoms with Crippen LogP contribution in [0.3, 0.4) is 0 Å². The lowest BCUT2D eigenvalue weighted by Gasteiger charge is -2.59. The SMILES string of the molecule is C[C@H]1CCC(=O)C2=C3O[C@@]4(C)[C@@H](C)C[C@]3(OC2=O)[C@@H](C=CC1=O)[C@@H]4O. The maximum Gasteiger partial charge on any atom is 0.346 e. The summed E-state index contributed by atoms with van der Waals surface area (Å²) >= 11 is 0. The third kappa shape index (κ3) is 1.97. The molecule has 5 bridgehead atoms. The van der Waals surface area contributed by atoms with Crippen molar-refractivity contribution in [1.82, 2.24) is 0 Å². The highest BCUT2D eigenvalue weighted by molar-refractivity contribution is 6.19. The molecule has 1 saturated carbocycles. The predicted octanol–water partition coefficient (Wildman–Crippen LogP) is 1.47. The van der Waals surface area contributed by atoms with Crippen LogP contribution in [0.25, 0.3) is 0 Å². The van der Waals surface area contributed by atoms with Crippen molar-refractivity contribution < 1.29 is 29.0 Å². The van der Waals surface area contributed by atoms with Crippen LogP contribution in [0.5, 0.6) is 0 Å². The van der Waals surface area contributed by atoms with Gasteiger partial charge in [-0.3, -0.25) is 9.59 Å². The minimum absolute atomic E-state index is 0.0371. The zero-order valence-electron chi connectivity index (χ0n) is 14.6. The Bertz CT molecular complexity index is 749. The van der Waals surface area contributed by atoms with Crippen molar-refractivity contribution in [3.05, 3.63) is 23.5 Å². The lowest BCUT2D eigenvalue weighted by Crippen LogP contribution is -2.69. The summed E-state index contributed by atoms with van der Waals surface area (Å²) in [5, 5.41) is 10.9. The van der Waals surface area contributed by atoms with E-state index in [1.807, 2.05) is 6.92 Å². The van der Waals surface area contributed by atoms with Gasteiger partial charge in [0.1, 0.15) is 17.3 Å². The van der Waals surface area contributed by atoms with Crippen LogP contribution < -0.4 is 0 Å². The zero-order chi connectivity index (χ0) is 18.1. The standard InChI is InChI=1S/C19H22O6/c1-9-4-6-13(21)14-16-19(25-17(14)23)8-10(2)18(3,24-16)15(22)11(19)5-7-12(9)20/h5,7,9-11,15,22H,4,6,8H2,1-3H3/t9-,10-,11-,15-,18-,19-/m0/s1. The van der Waals surface area contributed by atoms with Gasteiger partial charge in [0.25, 0.3) is 0 Å². The molecule has 2 aliphatic carbocycles. The van der Waals surface area contributed by atoms with Crippen molar-refractivity contribution in [3.63, 3.8) is 0 Å². The van der Waals surface area contributed by atoms with E-state index in [0.717, 1.165) is 0 Å². The first-order chi connectivity index (χ1) is 11.7. The molecule has 134 valence electrons. The van der Waals surface area contributed by atoms with Gasteiger partial charge in [0.15, 0.2) is 22.9 Å². The number of ether oxygens (including phenoxy) is 2. The van der Waals surface area contributed by atoms with Gasteiger partial charge < -0.3 is 14.6 Å². The molecule has 0 unspecified atom stereocenters. The number of carbonyl (C=O) groups is 3. The number of allylic oxidation sites excluding steroid dienone is 1. The molecule has 6 heteroatoms. The van der Waals surface area contributed by atoms with Crippen LogP contribution in [0.1, 0.15) is 40.0 Å². The first-order valence-corrected chi connectivity index (χ1v) is 8.81. The number of carbonyl (C=O) groups excluding carboxylic acids is 3. The Hall–Kier alpha value is -1.95. The fraction of sp³-hybridized carbons (Fsp3) is 0.632. The van der Waals surface area contributed by atoms with E-state index in [-0.39, 0.29) is 41.2 Å². The maximum atomic E-state index is 12.7. The van der Waals surface area contributed by atoms with Gasteiger partial charge in [-0.1, -0.05) is 19.9 Å². The van der Waals surface area contributed by atoms with Crippen LogP contribution in [-0.2, 0) is 23.9 Å². The minimum atomic E-state index is -1.19. The molecule has 0 amide bonds. The number of aliphatic hydroxyl groups excluding tert-OH is 1. The van der Waals surface area contributed by atoms with E-state index >= 15 is 0 Å².